The third kappa shape index (κ3) is 3.64. The summed E-state index contributed by atoms with van der Waals surface area (Å²) in [4.78, 5) is 23.4. The standard InChI is InChI=1S/C18H30N2O2/c1-19-16(21)5-3-2-4-6-17(22)20-18-10-13-7-14(11-18)9-15(8-13)12-18/h13-15H,2-12H2,1H3,(H,19,21)(H,20,22). The molecule has 0 aromatic carbocycles. The van der Waals surface area contributed by atoms with Crippen molar-refractivity contribution in [3.63, 3.8) is 0 Å². The van der Waals surface area contributed by atoms with Crippen LogP contribution in [0.15, 0.2) is 0 Å². The average Bonchev–Trinajstić information content (AvgIpc) is 2.44. The zero-order valence-electron chi connectivity index (χ0n) is 13.8. The quantitative estimate of drug-likeness (QED) is 0.711. The summed E-state index contributed by atoms with van der Waals surface area (Å²) in [6.45, 7) is 0. The summed E-state index contributed by atoms with van der Waals surface area (Å²) >= 11 is 0. The van der Waals surface area contributed by atoms with Gasteiger partial charge in [-0.15, -0.1) is 0 Å². The van der Waals surface area contributed by atoms with E-state index in [0.29, 0.717) is 12.8 Å². The lowest BCUT2D eigenvalue weighted by Gasteiger charge is -2.56. The molecule has 0 spiro atoms. The topological polar surface area (TPSA) is 58.2 Å². The summed E-state index contributed by atoms with van der Waals surface area (Å²) in [6, 6.07) is 0. The van der Waals surface area contributed by atoms with Crippen LogP contribution in [0, 0.1) is 17.8 Å². The number of hydrogen-bond acceptors (Lipinski definition) is 2. The molecule has 4 nitrogen and oxygen atoms in total. The average molecular weight is 306 g/mol. The van der Waals surface area contributed by atoms with Crippen LogP contribution in [0.4, 0.5) is 0 Å². The molecule has 4 rings (SSSR count). The van der Waals surface area contributed by atoms with Crippen molar-refractivity contribution in [3.05, 3.63) is 0 Å². The highest BCUT2D eigenvalue weighted by atomic mass is 16.2. The number of hydrogen-bond donors (Lipinski definition) is 2. The fourth-order valence-corrected chi connectivity index (χ4v) is 5.49. The van der Waals surface area contributed by atoms with Crippen molar-refractivity contribution >= 4 is 11.8 Å². The highest BCUT2D eigenvalue weighted by molar-refractivity contribution is 5.77. The second kappa shape index (κ2) is 6.59. The molecule has 4 fully saturated rings. The van der Waals surface area contributed by atoms with Crippen LogP contribution in [0.1, 0.15) is 70.6 Å². The third-order valence-corrected chi connectivity index (χ3v) is 6.03. The summed E-state index contributed by atoms with van der Waals surface area (Å²) < 4.78 is 0. The van der Waals surface area contributed by atoms with E-state index in [9.17, 15) is 9.59 Å². The highest BCUT2D eigenvalue weighted by Crippen LogP contribution is 2.55. The molecule has 124 valence electrons. The minimum Gasteiger partial charge on any atom is -0.359 e. The van der Waals surface area contributed by atoms with Crippen LogP contribution in [0.5, 0.6) is 0 Å². The molecule has 0 radical (unpaired) electrons. The molecule has 4 bridgehead atoms. The van der Waals surface area contributed by atoms with E-state index in [0.717, 1.165) is 37.0 Å². The largest absolute Gasteiger partial charge is 0.359 e. The Morgan fingerprint density at radius 1 is 0.864 bits per heavy atom. The first-order valence-electron chi connectivity index (χ1n) is 9.10. The smallest absolute Gasteiger partial charge is 0.220 e. The van der Waals surface area contributed by atoms with Gasteiger partial charge in [0.05, 0.1) is 0 Å². The molecule has 0 heterocycles. The van der Waals surface area contributed by atoms with Crippen molar-refractivity contribution in [2.75, 3.05) is 7.05 Å². The summed E-state index contributed by atoms with van der Waals surface area (Å²) in [6.07, 6.45) is 11.8. The molecule has 0 saturated heterocycles. The number of carbonyl (C=O) groups excluding carboxylic acids is 2. The van der Waals surface area contributed by atoms with E-state index in [2.05, 4.69) is 10.6 Å². The summed E-state index contributed by atoms with van der Waals surface area (Å²) in [7, 11) is 1.67. The molecule has 22 heavy (non-hydrogen) atoms. The maximum Gasteiger partial charge on any atom is 0.220 e. The summed E-state index contributed by atoms with van der Waals surface area (Å²) in [5, 5.41) is 6.05. The summed E-state index contributed by atoms with van der Waals surface area (Å²) in [5.74, 6) is 2.96. The maximum absolute atomic E-state index is 12.3. The number of nitrogens with one attached hydrogen (secondary N) is 2. The molecule has 0 aliphatic heterocycles. The van der Waals surface area contributed by atoms with Crippen LogP contribution in [0.3, 0.4) is 0 Å². The van der Waals surface area contributed by atoms with Gasteiger partial charge in [-0.2, -0.15) is 0 Å². The van der Waals surface area contributed by atoms with Gasteiger partial charge in [0.15, 0.2) is 0 Å². The van der Waals surface area contributed by atoms with Gasteiger partial charge in [-0.05, 0) is 69.1 Å². The summed E-state index contributed by atoms with van der Waals surface area (Å²) in [5.41, 5.74) is 0.147. The van der Waals surface area contributed by atoms with E-state index in [-0.39, 0.29) is 17.4 Å². The van der Waals surface area contributed by atoms with Gasteiger partial charge in [-0.3, -0.25) is 9.59 Å². The Morgan fingerprint density at radius 2 is 1.36 bits per heavy atom. The highest BCUT2D eigenvalue weighted by Gasteiger charge is 2.51. The van der Waals surface area contributed by atoms with E-state index >= 15 is 0 Å². The van der Waals surface area contributed by atoms with E-state index in [1.54, 1.807) is 7.05 Å². The van der Waals surface area contributed by atoms with E-state index in [4.69, 9.17) is 0 Å². The predicted octanol–water partition coefficient (Wildman–Crippen LogP) is 2.77. The molecular weight excluding hydrogens is 276 g/mol. The molecule has 0 atom stereocenters. The zero-order chi connectivity index (χ0) is 15.6. The van der Waals surface area contributed by atoms with Crippen molar-refractivity contribution in [2.24, 2.45) is 17.8 Å². The fraction of sp³-hybridized carbons (Fsp3) is 0.889. The van der Waals surface area contributed by atoms with Gasteiger partial charge >= 0.3 is 0 Å². The Balaban J connectivity index is 1.38. The Kier molecular flexibility index (Phi) is 4.74. The molecule has 0 aromatic rings. The van der Waals surface area contributed by atoms with Crippen LogP contribution in [0.2, 0.25) is 0 Å². The first-order chi connectivity index (χ1) is 10.6. The molecule has 2 N–H and O–H groups in total. The Hall–Kier alpha value is -1.06. The van der Waals surface area contributed by atoms with Gasteiger partial charge in [0.25, 0.3) is 0 Å². The van der Waals surface area contributed by atoms with Gasteiger partial charge < -0.3 is 10.6 Å². The normalized spacial score (nSPS) is 35.4. The van der Waals surface area contributed by atoms with Gasteiger partial charge in [0.2, 0.25) is 11.8 Å². The van der Waals surface area contributed by atoms with E-state index in [1.807, 2.05) is 0 Å². The number of amides is 2. The van der Waals surface area contributed by atoms with Crippen LogP contribution >= 0.6 is 0 Å². The van der Waals surface area contributed by atoms with Gasteiger partial charge in [-0.25, -0.2) is 0 Å². The third-order valence-electron chi connectivity index (χ3n) is 6.03. The predicted molar refractivity (Wildman–Crippen MR) is 86.2 cm³/mol. The molecule has 4 aliphatic rings. The SMILES string of the molecule is CNC(=O)CCCCCC(=O)NC12CC3CC(CC(C3)C1)C2. The lowest BCUT2D eigenvalue weighted by atomic mass is 9.53. The van der Waals surface area contributed by atoms with Crippen LogP contribution < -0.4 is 10.6 Å². The van der Waals surface area contributed by atoms with E-state index < -0.39 is 0 Å². The number of carbonyl (C=O) groups is 2. The first-order valence-corrected chi connectivity index (χ1v) is 9.10. The maximum atomic E-state index is 12.3. The minimum atomic E-state index is 0.0954. The molecule has 2 amide bonds. The molecular formula is C18H30N2O2. The molecule has 0 aromatic heterocycles. The minimum absolute atomic E-state index is 0.0954. The van der Waals surface area contributed by atoms with Crippen molar-refractivity contribution in [1.29, 1.82) is 0 Å². The molecule has 4 saturated carbocycles. The second-order valence-electron chi connectivity index (χ2n) is 7.98. The van der Waals surface area contributed by atoms with E-state index in [1.165, 1.54) is 38.5 Å². The number of rotatable bonds is 7. The lowest BCUT2D eigenvalue weighted by molar-refractivity contribution is -0.127. The van der Waals surface area contributed by atoms with Crippen LogP contribution in [0.25, 0.3) is 0 Å². The molecule has 4 heteroatoms. The van der Waals surface area contributed by atoms with Gasteiger partial charge in [-0.1, -0.05) is 6.42 Å². The van der Waals surface area contributed by atoms with Crippen LogP contribution in [-0.2, 0) is 9.59 Å². The monoisotopic (exact) mass is 306 g/mol. The van der Waals surface area contributed by atoms with Crippen LogP contribution in [-0.4, -0.2) is 24.4 Å². The molecule has 4 aliphatic carbocycles. The van der Waals surface area contributed by atoms with Gasteiger partial charge in [0.1, 0.15) is 0 Å². The van der Waals surface area contributed by atoms with Crippen molar-refractivity contribution < 1.29 is 9.59 Å². The Bertz CT molecular complexity index is 398. The first kappa shape index (κ1) is 15.8. The van der Waals surface area contributed by atoms with Crippen molar-refractivity contribution in [1.82, 2.24) is 10.6 Å². The zero-order valence-corrected chi connectivity index (χ0v) is 13.8. The lowest BCUT2D eigenvalue weighted by Crippen LogP contribution is -2.59. The van der Waals surface area contributed by atoms with Crippen molar-refractivity contribution in [2.45, 2.75) is 76.2 Å². The van der Waals surface area contributed by atoms with Crippen molar-refractivity contribution in [3.8, 4) is 0 Å². The van der Waals surface area contributed by atoms with Gasteiger partial charge in [0, 0.05) is 25.4 Å². The second-order valence-corrected chi connectivity index (χ2v) is 7.98. The Morgan fingerprint density at radius 3 is 1.86 bits per heavy atom. The Labute approximate surface area is 133 Å². The number of unbranched alkanes of at least 4 members (excludes halogenated alkanes) is 2. The fourth-order valence-electron chi connectivity index (χ4n) is 5.49. The molecule has 0 unspecified atom stereocenters.